The standard InChI is InChI=1S/C22H24N4O/c1-17-8-5-6-12-19(17)14-25-21-16-24-20(15-26-21)22(27)23-13-7-11-18-9-3-2-4-10-18/h2-6,8-10,12,15-16H,7,11,13-14H2,1H3,(H,23,27)(H,25,26). The van der Waals surface area contributed by atoms with Crippen LogP contribution in [0.15, 0.2) is 67.0 Å². The van der Waals surface area contributed by atoms with Crippen molar-refractivity contribution in [2.45, 2.75) is 26.3 Å². The summed E-state index contributed by atoms with van der Waals surface area (Å²) < 4.78 is 0. The second-order valence-corrected chi connectivity index (χ2v) is 6.41. The summed E-state index contributed by atoms with van der Waals surface area (Å²) in [5.41, 5.74) is 4.04. The van der Waals surface area contributed by atoms with Gasteiger partial charge < -0.3 is 10.6 Å². The van der Waals surface area contributed by atoms with Crippen LogP contribution in [0.25, 0.3) is 0 Å². The maximum Gasteiger partial charge on any atom is 0.271 e. The molecule has 0 fully saturated rings. The van der Waals surface area contributed by atoms with Crippen LogP contribution in [-0.2, 0) is 13.0 Å². The van der Waals surface area contributed by atoms with Crippen LogP contribution in [-0.4, -0.2) is 22.4 Å². The topological polar surface area (TPSA) is 66.9 Å². The monoisotopic (exact) mass is 360 g/mol. The van der Waals surface area contributed by atoms with Crippen LogP contribution in [0.1, 0.15) is 33.6 Å². The SMILES string of the molecule is Cc1ccccc1CNc1cnc(C(=O)NCCCc2ccccc2)cn1. The van der Waals surface area contributed by atoms with Gasteiger partial charge in [-0.3, -0.25) is 4.79 Å². The Bertz CT molecular complexity index is 863. The van der Waals surface area contributed by atoms with Gasteiger partial charge in [-0.1, -0.05) is 54.6 Å². The highest BCUT2D eigenvalue weighted by Crippen LogP contribution is 2.10. The summed E-state index contributed by atoms with van der Waals surface area (Å²) in [4.78, 5) is 20.7. The number of hydrogen-bond donors (Lipinski definition) is 2. The van der Waals surface area contributed by atoms with Gasteiger partial charge in [0.1, 0.15) is 11.5 Å². The molecule has 0 unspecified atom stereocenters. The highest BCUT2D eigenvalue weighted by molar-refractivity contribution is 5.91. The highest BCUT2D eigenvalue weighted by Gasteiger charge is 2.07. The van der Waals surface area contributed by atoms with Crippen LogP contribution < -0.4 is 10.6 Å². The van der Waals surface area contributed by atoms with Crippen LogP contribution in [0.5, 0.6) is 0 Å². The van der Waals surface area contributed by atoms with E-state index in [0.717, 1.165) is 12.8 Å². The zero-order valence-corrected chi connectivity index (χ0v) is 15.5. The Labute approximate surface area is 159 Å². The predicted molar refractivity (Wildman–Crippen MR) is 108 cm³/mol. The molecule has 138 valence electrons. The largest absolute Gasteiger partial charge is 0.365 e. The average molecular weight is 360 g/mol. The zero-order valence-electron chi connectivity index (χ0n) is 15.5. The fourth-order valence-electron chi connectivity index (χ4n) is 2.76. The maximum absolute atomic E-state index is 12.2. The average Bonchev–Trinajstić information content (AvgIpc) is 2.72. The van der Waals surface area contributed by atoms with E-state index in [2.05, 4.69) is 51.8 Å². The second-order valence-electron chi connectivity index (χ2n) is 6.41. The fraction of sp³-hybridized carbons (Fsp3) is 0.227. The molecule has 1 heterocycles. The van der Waals surface area contributed by atoms with Gasteiger partial charge >= 0.3 is 0 Å². The quantitative estimate of drug-likeness (QED) is 0.600. The highest BCUT2D eigenvalue weighted by atomic mass is 16.1. The van der Waals surface area contributed by atoms with Gasteiger partial charge in [-0.2, -0.15) is 0 Å². The van der Waals surface area contributed by atoms with Crippen molar-refractivity contribution in [3.63, 3.8) is 0 Å². The van der Waals surface area contributed by atoms with Gasteiger partial charge in [0.15, 0.2) is 0 Å². The van der Waals surface area contributed by atoms with E-state index in [-0.39, 0.29) is 5.91 Å². The molecule has 0 aliphatic carbocycles. The number of carbonyl (C=O) groups is 1. The molecular weight excluding hydrogens is 336 g/mol. The first-order valence-corrected chi connectivity index (χ1v) is 9.15. The normalized spacial score (nSPS) is 10.4. The molecule has 0 bridgehead atoms. The Morgan fingerprint density at radius 1 is 0.963 bits per heavy atom. The molecular formula is C22H24N4O. The van der Waals surface area contributed by atoms with E-state index in [0.29, 0.717) is 24.6 Å². The lowest BCUT2D eigenvalue weighted by molar-refractivity contribution is 0.0948. The Morgan fingerprint density at radius 3 is 2.48 bits per heavy atom. The Balaban J connectivity index is 1.43. The minimum Gasteiger partial charge on any atom is -0.365 e. The fourth-order valence-corrected chi connectivity index (χ4v) is 2.76. The molecule has 2 aromatic carbocycles. The number of anilines is 1. The van der Waals surface area contributed by atoms with Crippen molar-refractivity contribution in [1.82, 2.24) is 15.3 Å². The van der Waals surface area contributed by atoms with E-state index in [9.17, 15) is 4.79 Å². The lowest BCUT2D eigenvalue weighted by atomic mass is 10.1. The van der Waals surface area contributed by atoms with E-state index < -0.39 is 0 Å². The van der Waals surface area contributed by atoms with Crippen molar-refractivity contribution >= 4 is 11.7 Å². The molecule has 0 spiro atoms. The van der Waals surface area contributed by atoms with Gasteiger partial charge in [-0.15, -0.1) is 0 Å². The number of nitrogens with zero attached hydrogens (tertiary/aromatic N) is 2. The number of carbonyl (C=O) groups excluding carboxylic acids is 1. The number of aryl methyl sites for hydroxylation is 2. The van der Waals surface area contributed by atoms with E-state index in [1.165, 1.54) is 22.9 Å². The molecule has 1 amide bonds. The zero-order chi connectivity index (χ0) is 18.9. The third kappa shape index (κ3) is 5.64. The maximum atomic E-state index is 12.2. The molecule has 3 aromatic rings. The van der Waals surface area contributed by atoms with E-state index in [4.69, 9.17) is 0 Å². The summed E-state index contributed by atoms with van der Waals surface area (Å²) in [6, 6.07) is 18.4. The second kappa shape index (κ2) is 9.48. The van der Waals surface area contributed by atoms with Gasteiger partial charge in [0.05, 0.1) is 12.4 Å². The van der Waals surface area contributed by atoms with Crippen molar-refractivity contribution in [3.05, 3.63) is 89.4 Å². The summed E-state index contributed by atoms with van der Waals surface area (Å²) in [6.45, 7) is 3.36. The molecule has 2 N–H and O–H groups in total. The smallest absolute Gasteiger partial charge is 0.271 e. The number of hydrogen-bond acceptors (Lipinski definition) is 4. The van der Waals surface area contributed by atoms with Crippen LogP contribution >= 0.6 is 0 Å². The molecule has 0 saturated carbocycles. The third-order valence-corrected chi connectivity index (χ3v) is 4.38. The van der Waals surface area contributed by atoms with E-state index in [1.54, 1.807) is 6.20 Å². The summed E-state index contributed by atoms with van der Waals surface area (Å²) in [6.07, 6.45) is 4.93. The Kier molecular flexibility index (Phi) is 6.52. The van der Waals surface area contributed by atoms with Gasteiger partial charge in [-0.25, -0.2) is 9.97 Å². The third-order valence-electron chi connectivity index (χ3n) is 4.38. The van der Waals surface area contributed by atoms with E-state index in [1.807, 2.05) is 30.3 Å². The molecule has 0 aliphatic heterocycles. The molecule has 0 atom stereocenters. The first-order chi connectivity index (χ1) is 13.2. The van der Waals surface area contributed by atoms with Crippen LogP contribution in [0.4, 0.5) is 5.82 Å². The number of rotatable bonds is 8. The summed E-state index contributed by atoms with van der Waals surface area (Å²) in [5, 5.41) is 6.13. The molecule has 0 aliphatic rings. The minimum atomic E-state index is -0.194. The van der Waals surface area contributed by atoms with Crippen molar-refractivity contribution in [2.75, 3.05) is 11.9 Å². The van der Waals surface area contributed by atoms with Gasteiger partial charge in [0.25, 0.3) is 5.91 Å². The molecule has 5 nitrogen and oxygen atoms in total. The first-order valence-electron chi connectivity index (χ1n) is 9.15. The minimum absolute atomic E-state index is 0.194. The van der Waals surface area contributed by atoms with Crippen LogP contribution in [0.2, 0.25) is 0 Å². The number of amides is 1. The Hall–Kier alpha value is -3.21. The number of aromatic nitrogens is 2. The van der Waals surface area contributed by atoms with Gasteiger partial charge in [-0.05, 0) is 36.5 Å². The molecule has 27 heavy (non-hydrogen) atoms. The van der Waals surface area contributed by atoms with Crippen molar-refractivity contribution < 1.29 is 4.79 Å². The first kappa shape index (κ1) is 18.6. The van der Waals surface area contributed by atoms with E-state index >= 15 is 0 Å². The predicted octanol–water partition coefficient (Wildman–Crippen LogP) is 3.76. The summed E-state index contributed by atoms with van der Waals surface area (Å²) >= 11 is 0. The molecule has 3 rings (SSSR count). The van der Waals surface area contributed by atoms with Crippen molar-refractivity contribution in [2.24, 2.45) is 0 Å². The van der Waals surface area contributed by atoms with Crippen LogP contribution in [0, 0.1) is 6.92 Å². The molecule has 1 aromatic heterocycles. The molecule has 5 heteroatoms. The van der Waals surface area contributed by atoms with Crippen LogP contribution in [0.3, 0.4) is 0 Å². The number of benzene rings is 2. The number of nitrogens with one attached hydrogen (secondary N) is 2. The van der Waals surface area contributed by atoms with Gasteiger partial charge in [0, 0.05) is 13.1 Å². The summed E-state index contributed by atoms with van der Waals surface area (Å²) in [7, 11) is 0. The van der Waals surface area contributed by atoms with Crippen molar-refractivity contribution in [1.29, 1.82) is 0 Å². The van der Waals surface area contributed by atoms with Crippen molar-refractivity contribution in [3.8, 4) is 0 Å². The lowest BCUT2D eigenvalue weighted by Gasteiger charge is -2.09. The Morgan fingerprint density at radius 2 is 1.74 bits per heavy atom. The molecule has 0 radical (unpaired) electrons. The summed E-state index contributed by atoms with van der Waals surface area (Å²) in [5.74, 6) is 0.458. The van der Waals surface area contributed by atoms with Gasteiger partial charge in [0.2, 0.25) is 0 Å². The lowest BCUT2D eigenvalue weighted by Crippen LogP contribution is -2.25. The molecule has 0 saturated heterocycles.